The summed E-state index contributed by atoms with van der Waals surface area (Å²) in [5.74, 6) is -2.16. The predicted molar refractivity (Wildman–Crippen MR) is 70.6 cm³/mol. The molecule has 0 fully saturated rings. The normalized spacial score (nSPS) is 12.0. The van der Waals surface area contributed by atoms with Crippen LogP contribution in [0, 0.1) is 11.6 Å². The molecule has 1 N–H and O–H groups in total. The number of rotatable bonds is 8. The highest BCUT2D eigenvalue weighted by molar-refractivity contribution is 5.80. The molecule has 4 nitrogen and oxygen atoms in total. The van der Waals surface area contributed by atoms with E-state index in [1.165, 1.54) is 6.07 Å². The lowest BCUT2D eigenvalue weighted by Gasteiger charge is -2.14. The first-order chi connectivity index (χ1) is 9.54. The molecule has 0 spiro atoms. The van der Waals surface area contributed by atoms with Crippen LogP contribution >= 0.6 is 0 Å². The highest BCUT2D eigenvalue weighted by atomic mass is 19.2. The first-order valence-corrected chi connectivity index (χ1v) is 6.51. The molecule has 6 heteroatoms. The molecular formula is C14H19F2NO3. The van der Waals surface area contributed by atoms with Crippen LogP contribution in [0.25, 0.3) is 0 Å². The van der Waals surface area contributed by atoms with Crippen molar-refractivity contribution in [2.24, 2.45) is 0 Å². The van der Waals surface area contributed by atoms with Gasteiger partial charge in [0.25, 0.3) is 5.91 Å². The van der Waals surface area contributed by atoms with Gasteiger partial charge >= 0.3 is 0 Å². The molecule has 0 saturated carbocycles. The zero-order valence-electron chi connectivity index (χ0n) is 11.6. The molecule has 1 amide bonds. The first kappa shape index (κ1) is 16.4. The minimum Gasteiger partial charge on any atom is -0.481 e. The predicted octanol–water partition coefficient (Wildman–Crippen LogP) is 2.27. The molecule has 112 valence electrons. The van der Waals surface area contributed by atoms with Gasteiger partial charge < -0.3 is 14.8 Å². The number of nitrogens with one attached hydrogen (secondary N) is 1. The standard InChI is InChI=1S/C14H19F2NO3/c1-3-19-8-4-7-17-14(18)10(2)20-11-5-6-12(15)13(16)9-11/h5-6,9-10H,3-4,7-8H2,1-2H3,(H,17,18). The van der Waals surface area contributed by atoms with Gasteiger partial charge in [-0.3, -0.25) is 4.79 Å². The molecule has 0 radical (unpaired) electrons. The van der Waals surface area contributed by atoms with E-state index >= 15 is 0 Å². The van der Waals surface area contributed by atoms with E-state index < -0.39 is 17.7 Å². The summed E-state index contributed by atoms with van der Waals surface area (Å²) in [5, 5.41) is 2.68. The van der Waals surface area contributed by atoms with Crippen LogP contribution < -0.4 is 10.1 Å². The third-order valence-electron chi connectivity index (χ3n) is 2.54. The van der Waals surface area contributed by atoms with Gasteiger partial charge in [-0.05, 0) is 32.4 Å². The van der Waals surface area contributed by atoms with Crippen molar-refractivity contribution < 1.29 is 23.0 Å². The van der Waals surface area contributed by atoms with E-state index in [9.17, 15) is 13.6 Å². The monoisotopic (exact) mass is 287 g/mol. The zero-order chi connectivity index (χ0) is 15.0. The van der Waals surface area contributed by atoms with Crippen molar-refractivity contribution in [1.29, 1.82) is 0 Å². The highest BCUT2D eigenvalue weighted by Crippen LogP contribution is 2.16. The summed E-state index contributed by atoms with van der Waals surface area (Å²) in [4.78, 5) is 11.7. The van der Waals surface area contributed by atoms with Crippen LogP contribution in [-0.2, 0) is 9.53 Å². The summed E-state index contributed by atoms with van der Waals surface area (Å²) >= 11 is 0. The smallest absolute Gasteiger partial charge is 0.260 e. The Morgan fingerprint density at radius 3 is 2.75 bits per heavy atom. The molecule has 1 rings (SSSR count). The summed E-state index contributed by atoms with van der Waals surface area (Å²) in [5.41, 5.74) is 0. The summed E-state index contributed by atoms with van der Waals surface area (Å²) in [7, 11) is 0. The number of amides is 1. The first-order valence-electron chi connectivity index (χ1n) is 6.51. The number of ether oxygens (including phenoxy) is 2. The van der Waals surface area contributed by atoms with E-state index in [-0.39, 0.29) is 11.7 Å². The highest BCUT2D eigenvalue weighted by Gasteiger charge is 2.14. The Morgan fingerprint density at radius 1 is 1.35 bits per heavy atom. The van der Waals surface area contributed by atoms with Crippen molar-refractivity contribution in [1.82, 2.24) is 5.32 Å². The third kappa shape index (κ3) is 5.52. The zero-order valence-corrected chi connectivity index (χ0v) is 11.6. The van der Waals surface area contributed by atoms with E-state index in [1.807, 2.05) is 6.92 Å². The van der Waals surface area contributed by atoms with E-state index in [4.69, 9.17) is 9.47 Å². The SMILES string of the molecule is CCOCCCNC(=O)C(C)Oc1ccc(F)c(F)c1. The Kier molecular flexibility index (Phi) is 6.93. The fourth-order valence-corrected chi connectivity index (χ4v) is 1.48. The van der Waals surface area contributed by atoms with Crippen molar-refractivity contribution in [3.63, 3.8) is 0 Å². The molecule has 0 saturated heterocycles. The van der Waals surface area contributed by atoms with Gasteiger partial charge in [-0.25, -0.2) is 8.78 Å². The minimum absolute atomic E-state index is 0.112. The van der Waals surface area contributed by atoms with Crippen molar-refractivity contribution in [3.05, 3.63) is 29.8 Å². The van der Waals surface area contributed by atoms with Crippen LogP contribution in [0.15, 0.2) is 18.2 Å². The van der Waals surface area contributed by atoms with E-state index in [2.05, 4.69) is 5.32 Å². The van der Waals surface area contributed by atoms with E-state index in [0.29, 0.717) is 26.2 Å². The summed E-state index contributed by atoms with van der Waals surface area (Å²) < 4.78 is 36.1. The van der Waals surface area contributed by atoms with Crippen molar-refractivity contribution in [2.75, 3.05) is 19.8 Å². The summed E-state index contributed by atoms with van der Waals surface area (Å²) in [6, 6.07) is 3.14. The van der Waals surface area contributed by atoms with Gasteiger partial charge in [-0.1, -0.05) is 0 Å². The molecule has 1 aromatic carbocycles. The Labute approximate surface area is 117 Å². The fraction of sp³-hybridized carbons (Fsp3) is 0.500. The van der Waals surface area contributed by atoms with Crippen molar-refractivity contribution >= 4 is 5.91 Å². The molecule has 0 aliphatic rings. The quantitative estimate of drug-likeness (QED) is 0.746. The minimum atomic E-state index is -1.01. The van der Waals surface area contributed by atoms with Gasteiger partial charge in [0.2, 0.25) is 0 Å². The van der Waals surface area contributed by atoms with Gasteiger partial charge in [0.1, 0.15) is 5.75 Å². The van der Waals surface area contributed by atoms with Gasteiger partial charge in [-0.15, -0.1) is 0 Å². The van der Waals surface area contributed by atoms with Crippen LogP contribution in [0.1, 0.15) is 20.3 Å². The number of benzene rings is 1. The van der Waals surface area contributed by atoms with Crippen LogP contribution in [0.3, 0.4) is 0 Å². The fourth-order valence-electron chi connectivity index (χ4n) is 1.48. The maximum atomic E-state index is 13.0. The number of hydrogen-bond donors (Lipinski definition) is 1. The number of halogens is 2. The number of carbonyl (C=O) groups excluding carboxylic acids is 1. The van der Waals surface area contributed by atoms with Crippen LogP contribution in [0.4, 0.5) is 8.78 Å². The Bertz CT molecular complexity index is 440. The molecule has 0 aliphatic heterocycles. The lowest BCUT2D eigenvalue weighted by molar-refractivity contribution is -0.127. The van der Waals surface area contributed by atoms with Crippen LogP contribution in [-0.4, -0.2) is 31.8 Å². The molecular weight excluding hydrogens is 268 g/mol. The molecule has 0 aliphatic carbocycles. The topological polar surface area (TPSA) is 47.6 Å². The summed E-state index contributed by atoms with van der Waals surface area (Å²) in [6.45, 7) is 5.14. The van der Waals surface area contributed by atoms with Crippen molar-refractivity contribution in [2.45, 2.75) is 26.4 Å². The van der Waals surface area contributed by atoms with Gasteiger partial charge in [0.15, 0.2) is 17.7 Å². The molecule has 0 bridgehead atoms. The average molecular weight is 287 g/mol. The molecule has 1 unspecified atom stereocenters. The second-order valence-electron chi connectivity index (χ2n) is 4.18. The van der Waals surface area contributed by atoms with E-state index in [0.717, 1.165) is 12.1 Å². The lowest BCUT2D eigenvalue weighted by atomic mass is 10.3. The summed E-state index contributed by atoms with van der Waals surface area (Å²) in [6.07, 6.45) is -0.0794. The largest absolute Gasteiger partial charge is 0.481 e. The number of hydrogen-bond acceptors (Lipinski definition) is 3. The Morgan fingerprint density at radius 2 is 2.10 bits per heavy atom. The van der Waals surface area contributed by atoms with Gasteiger partial charge in [-0.2, -0.15) is 0 Å². The average Bonchev–Trinajstić information content (AvgIpc) is 2.42. The van der Waals surface area contributed by atoms with Crippen LogP contribution in [0.2, 0.25) is 0 Å². The van der Waals surface area contributed by atoms with Gasteiger partial charge in [0, 0.05) is 25.8 Å². The Hall–Kier alpha value is -1.69. The number of carbonyl (C=O) groups is 1. The van der Waals surface area contributed by atoms with Crippen LogP contribution in [0.5, 0.6) is 5.75 Å². The maximum Gasteiger partial charge on any atom is 0.260 e. The molecule has 0 aromatic heterocycles. The lowest BCUT2D eigenvalue weighted by Crippen LogP contribution is -2.37. The molecule has 1 aromatic rings. The molecule has 0 heterocycles. The molecule has 1 atom stereocenters. The third-order valence-corrected chi connectivity index (χ3v) is 2.54. The maximum absolute atomic E-state index is 13.0. The second kappa shape index (κ2) is 8.47. The van der Waals surface area contributed by atoms with Crippen molar-refractivity contribution in [3.8, 4) is 5.75 Å². The second-order valence-corrected chi connectivity index (χ2v) is 4.18. The van der Waals surface area contributed by atoms with E-state index in [1.54, 1.807) is 6.92 Å². The Balaban J connectivity index is 2.35. The molecule has 20 heavy (non-hydrogen) atoms. The van der Waals surface area contributed by atoms with Gasteiger partial charge in [0.05, 0.1) is 0 Å².